The van der Waals surface area contributed by atoms with Crippen LogP contribution in [0.15, 0.2) is 98.6 Å². The van der Waals surface area contributed by atoms with E-state index in [0.717, 1.165) is 42.8 Å². The standard InChI is InChI=1S/C34H33ClN6O2S2/c1-5-43-30-18-27-25(17-28(30)39-32(42)12-9-15-41(3)4)33(23(19-36-2)20-37-27)38-24-13-14-31(26(35)16-24)45-34-40-29(21-44-34)22-10-7-6-8-11-22/h6-14,16-21H,5,15H2,1-4H3,(H,37,38)(H,39,42)/b12-9+,36-19?. The van der Waals surface area contributed by atoms with Gasteiger partial charge in [0.15, 0.2) is 4.34 Å². The molecule has 2 N–H and O–H groups in total. The smallest absolute Gasteiger partial charge is 0.248 e. The number of carbonyl (C=O) groups is 1. The molecule has 0 aliphatic heterocycles. The predicted molar refractivity (Wildman–Crippen MR) is 189 cm³/mol. The van der Waals surface area contributed by atoms with Crippen LogP contribution in [0.4, 0.5) is 17.1 Å². The van der Waals surface area contributed by atoms with Crippen LogP contribution >= 0.6 is 34.7 Å². The first kappa shape index (κ1) is 32.2. The van der Waals surface area contributed by atoms with Crippen molar-refractivity contribution in [2.75, 3.05) is 44.9 Å². The number of amides is 1. The highest BCUT2D eigenvalue weighted by Gasteiger charge is 2.16. The quantitative estimate of drug-likeness (QED) is 0.103. The molecule has 0 spiro atoms. The van der Waals surface area contributed by atoms with Gasteiger partial charge in [-0.25, -0.2) is 4.98 Å². The van der Waals surface area contributed by atoms with Crippen LogP contribution in [0, 0.1) is 0 Å². The van der Waals surface area contributed by atoms with Crippen molar-refractivity contribution < 1.29 is 9.53 Å². The number of rotatable bonds is 12. The summed E-state index contributed by atoms with van der Waals surface area (Å²) in [6.07, 6.45) is 6.83. The minimum absolute atomic E-state index is 0.248. The number of fused-ring (bicyclic) bond motifs is 1. The molecule has 0 saturated carbocycles. The van der Waals surface area contributed by atoms with Crippen LogP contribution < -0.4 is 15.4 Å². The first-order chi connectivity index (χ1) is 21.8. The van der Waals surface area contributed by atoms with Crippen molar-refractivity contribution >= 4 is 74.8 Å². The zero-order valence-corrected chi connectivity index (χ0v) is 27.8. The number of likely N-dealkylation sites (N-methyl/N-ethyl adjacent to an activating group) is 1. The van der Waals surface area contributed by atoms with Gasteiger partial charge in [0.05, 0.1) is 34.2 Å². The Balaban J connectivity index is 1.44. The highest BCUT2D eigenvalue weighted by Crippen LogP contribution is 2.40. The van der Waals surface area contributed by atoms with Crippen LogP contribution in [0.5, 0.6) is 5.75 Å². The van der Waals surface area contributed by atoms with Crippen molar-refractivity contribution in [3.05, 3.63) is 95.0 Å². The van der Waals surface area contributed by atoms with E-state index < -0.39 is 0 Å². The summed E-state index contributed by atoms with van der Waals surface area (Å²) in [5, 5.41) is 9.94. The third kappa shape index (κ3) is 8.29. The van der Waals surface area contributed by atoms with Crippen molar-refractivity contribution in [3.63, 3.8) is 0 Å². The minimum Gasteiger partial charge on any atom is -0.492 e. The number of anilines is 3. The normalized spacial score (nSPS) is 11.6. The number of nitrogens with one attached hydrogen (secondary N) is 2. The Bertz CT molecular complexity index is 1860. The number of pyridine rings is 1. The fourth-order valence-electron chi connectivity index (χ4n) is 4.47. The maximum atomic E-state index is 12.8. The summed E-state index contributed by atoms with van der Waals surface area (Å²) < 4.78 is 6.78. The summed E-state index contributed by atoms with van der Waals surface area (Å²) in [5.74, 6) is 0.290. The van der Waals surface area contributed by atoms with Crippen LogP contribution in [-0.2, 0) is 4.79 Å². The number of aliphatic imine (C=N–C) groups is 1. The molecule has 0 saturated heterocycles. The van der Waals surface area contributed by atoms with Gasteiger partial charge in [-0.05, 0) is 45.3 Å². The molecule has 0 unspecified atom stereocenters. The van der Waals surface area contributed by atoms with Crippen LogP contribution in [0.1, 0.15) is 12.5 Å². The Morgan fingerprint density at radius 2 is 1.98 bits per heavy atom. The summed E-state index contributed by atoms with van der Waals surface area (Å²) in [6, 6.07) is 19.7. The van der Waals surface area contributed by atoms with E-state index in [4.69, 9.17) is 21.3 Å². The van der Waals surface area contributed by atoms with E-state index in [1.165, 1.54) is 17.8 Å². The number of carbonyl (C=O) groups excluding carboxylic acids is 1. The third-order valence-corrected chi connectivity index (χ3v) is 8.95. The van der Waals surface area contributed by atoms with E-state index in [1.807, 2.05) is 80.5 Å². The van der Waals surface area contributed by atoms with Crippen LogP contribution in [0.25, 0.3) is 22.2 Å². The van der Waals surface area contributed by atoms with E-state index >= 15 is 0 Å². The van der Waals surface area contributed by atoms with E-state index in [9.17, 15) is 4.79 Å². The number of hydrogen-bond donors (Lipinski definition) is 2. The van der Waals surface area contributed by atoms with E-state index in [0.29, 0.717) is 35.1 Å². The molecule has 3 aromatic carbocycles. The minimum atomic E-state index is -0.248. The Kier molecular flexibility index (Phi) is 10.9. The second kappa shape index (κ2) is 15.2. The second-order valence-electron chi connectivity index (χ2n) is 10.2. The van der Waals surface area contributed by atoms with Gasteiger partial charge in [0.25, 0.3) is 0 Å². The highest BCUT2D eigenvalue weighted by atomic mass is 35.5. The van der Waals surface area contributed by atoms with Gasteiger partial charge in [0.1, 0.15) is 5.75 Å². The van der Waals surface area contributed by atoms with Crippen molar-refractivity contribution in [2.24, 2.45) is 4.99 Å². The number of hydrogen-bond acceptors (Lipinski definition) is 9. The Morgan fingerprint density at radius 1 is 1.16 bits per heavy atom. The van der Waals surface area contributed by atoms with Gasteiger partial charge in [0.2, 0.25) is 5.91 Å². The summed E-state index contributed by atoms with van der Waals surface area (Å²) in [7, 11) is 5.60. The lowest BCUT2D eigenvalue weighted by atomic mass is 10.1. The molecule has 0 bridgehead atoms. The largest absolute Gasteiger partial charge is 0.492 e. The Labute approximate surface area is 276 Å². The monoisotopic (exact) mass is 656 g/mol. The molecule has 230 valence electrons. The Morgan fingerprint density at radius 3 is 2.71 bits per heavy atom. The zero-order valence-electron chi connectivity index (χ0n) is 25.4. The summed E-state index contributed by atoms with van der Waals surface area (Å²) in [4.78, 5) is 29.3. The predicted octanol–water partition coefficient (Wildman–Crippen LogP) is 8.41. The van der Waals surface area contributed by atoms with Gasteiger partial charge in [-0.2, -0.15) is 0 Å². The summed E-state index contributed by atoms with van der Waals surface area (Å²) >= 11 is 9.91. The summed E-state index contributed by atoms with van der Waals surface area (Å²) in [5.41, 5.74) is 5.62. The fourth-order valence-corrected chi connectivity index (χ4v) is 6.55. The molecule has 0 aliphatic rings. The van der Waals surface area contributed by atoms with Gasteiger partial charge in [0, 0.05) is 70.6 Å². The van der Waals surface area contributed by atoms with Crippen molar-refractivity contribution in [1.82, 2.24) is 14.9 Å². The van der Waals surface area contributed by atoms with Crippen LogP contribution in [0.3, 0.4) is 0 Å². The highest BCUT2D eigenvalue weighted by molar-refractivity contribution is 8.01. The second-order valence-corrected chi connectivity index (χ2v) is 12.7. The summed E-state index contributed by atoms with van der Waals surface area (Å²) in [6.45, 7) is 2.99. The molecule has 8 nitrogen and oxygen atoms in total. The average Bonchev–Trinajstić information content (AvgIpc) is 3.49. The molecular weight excluding hydrogens is 624 g/mol. The van der Waals surface area contributed by atoms with Gasteiger partial charge < -0.3 is 20.3 Å². The van der Waals surface area contributed by atoms with E-state index in [2.05, 4.69) is 38.1 Å². The molecule has 2 heterocycles. The van der Waals surface area contributed by atoms with Crippen molar-refractivity contribution in [2.45, 2.75) is 16.2 Å². The van der Waals surface area contributed by atoms with Crippen molar-refractivity contribution in [1.29, 1.82) is 0 Å². The van der Waals surface area contributed by atoms with Gasteiger partial charge in [-0.3, -0.25) is 14.8 Å². The maximum Gasteiger partial charge on any atom is 0.248 e. The molecule has 0 aliphatic carbocycles. The lowest BCUT2D eigenvalue weighted by Crippen LogP contribution is -2.13. The molecule has 5 rings (SSSR count). The molecule has 0 radical (unpaired) electrons. The molecule has 0 fully saturated rings. The Hall–Kier alpha value is -4.22. The molecule has 0 atom stereocenters. The lowest BCUT2D eigenvalue weighted by Gasteiger charge is -2.17. The zero-order chi connectivity index (χ0) is 31.8. The molecule has 5 aromatic rings. The fraction of sp³-hybridized carbons (Fsp3) is 0.176. The lowest BCUT2D eigenvalue weighted by molar-refractivity contribution is -0.111. The number of benzene rings is 3. The molecule has 2 aromatic heterocycles. The van der Waals surface area contributed by atoms with Crippen LogP contribution in [0.2, 0.25) is 5.02 Å². The number of thiazole rings is 1. The number of aromatic nitrogens is 2. The average molecular weight is 657 g/mol. The first-order valence-corrected chi connectivity index (χ1v) is 16.3. The third-order valence-electron chi connectivity index (χ3n) is 6.52. The molecule has 11 heteroatoms. The number of halogens is 1. The molecular formula is C34H33ClN6O2S2. The van der Waals surface area contributed by atoms with Crippen LogP contribution in [-0.4, -0.2) is 61.3 Å². The van der Waals surface area contributed by atoms with Crippen molar-refractivity contribution in [3.8, 4) is 17.0 Å². The van der Waals surface area contributed by atoms with Gasteiger partial charge in [-0.1, -0.05) is 59.8 Å². The SMILES string of the molecule is CCOc1cc2ncc(C=NC)c(Nc3ccc(Sc4nc(-c5ccccc5)cs4)c(Cl)c3)c2cc1NC(=O)/C=C/CN(C)C. The molecule has 45 heavy (non-hydrogen) atoms. The van der Waals surface area contributed by atoms with E-state index in [1.54, 1.807) is 30.8 Å². The van der Waals surface area contributed by atoms with E-state index in [-0.39, 0.29) is 5.91 Å². The number of nitrogens with zero attached hydrogens (tertiary/aromatic N) is 4. The van der Waals surface area contributed by atoms with Gasteiger partial charge >= 0.3 is 0 Å². The van der Waals surface area contributed by atoms with Gasteiger partial charge in [-0.15, -0.1) is 11.3 Å². The number of ether oxygens (including phenoxy) is 1. The topological polar surface area (TPSA) is 91.7 Å². The first-order valence-electron chi connectivity index (χ1n) is 14.2. The maximum absolute atomic E-state index is 12.8. The molecule has 1 amide bonds.